The third-order valence-corrected chi connectivity index (χ3v) is 2.59. The van der Waals surface area contributed by atoms with Gasteiger partial charge in [0.05, 0.1) is 6.10 Å². The second kappa shape index (κ2) is 5.71. The normalized spacial score (nSPS) is 14.7. The van der Waals surface area contributed by atoms with Gasteiger partial charge in [-0.3, -0.25) is 0 Å². The first kappa shape index (κ1) is 12.0. The highest BCUT2D eigenvalue weighted by Gasteiger charge is 2.05. The second-order valence-electron chi connectivity index (χ2n) is 3.78. The van der Waals surface area contributed by atoms with Crippen LogP contribution in [0.4, 0.5) is 0 Å². The molecule has 0 amide bonds. The van der Waals surface area contributed by atoms with E-state index in [2.05, 4.69) is 24.1 Å². The third-order valence-electron chi connectivity index (χ3n) is 2.59. The van der Waals surface area contributed by atoms with Gasteiger partial charge in [-0.15, -0.1) is 0 Å². The summed E-state index contributed by atoms with van der Waals surface area (Å²) in [6.07, 6.45) is 3.08. The molecule has 0 bridgehead atoms. The van der Waals surface area contributed by atoms with Gasteiger partial charge >= 0.3 is 0 Å². The zero-order valence-electron chi connectivity index (χ0n) is 9.95. The van der Waals surface area contributed by atoms with E-state index in [1.54, 1.807) is 0 Å². The Morgan fingerprint density at radius 3 is 2.60 bits per heavy atom. The lowest BCUT2D eigenvalue weighted by molar-refractivity contribution is 0.208. The monoisotopic (exact) mass is 208 g/mol. The van der Waals surface area contributed by atoms with Gasteiger partial charge in [-0.2, -0.15) is 0 Å². The Labute approximate surface area is 91.9 Å². The molecule has 0 aromatic carbocycles. The van der Waals surface area contributed by atoms with Gasteiger partial charge in [-0.05, 0) is 32.9 Å². The van der Waals surface area contributed by atoms with E-state index in [1.165, 1.54) is 5.56 Å². The smallest absolute Gasteiger partial charge is 0.213 e. The van der Waals surface area contributed by atoms with Crippen LogP contribution in [0.5, 0.6) is 5.88 Å². The number of nitrogens with one attached hydrogen (secondary N) is 1. The highest BCUT2D eigenvalue weighted by molar-refractivity contribution is 5.20. The Balaban J connectivity index is 2.64. The largest absolute Gasteiger partial charge is 0.475 e. The first-order valence-corrected chi connectivity index (χ1v) is 5.47. The predicted octanol–water partition coefficient (Wildman–Crippen LogP) is 2.54. The lowest BCUT2D eigenvalue weighted by Crippen LogP contribution is -2.13. The Morgan fingerprint density at radius 1 is 1.40 bits per heavy atom. The van der Waals surface area contributed by atoms with Gasteiger partial charge < -0.3 is 10.1 Å². The van der Waals surface area contributed by atoms with Gasteiger partial charge in [-0.1, -0.05) is 13.0 Å². The molecule has 1 aromatic heterocycles. The maximum Gasteiger partial charge on any atom is 0.213 e. The van der Waals surface area contributed by atoms with Crippen molar-refractivity contribution in [3.05, 3.63) is 23.9 Å². The molecule has 0 aliphatic carbocycles. The lowest BCUT2D eigenvalue weighted by atomic mass is 10.1. The van der Waals surface area contributed by atoms with Crippen LogP contribution in [0.3, 0.4) is 0 Å². The number of aromatic nitrogens is 1. The van der Waals surface area contributed by atoms with E-state index in [1.807, 2.05) is 32.3 Å². The topological polar surface area (TPSA) is 34.1 Å². The van der Waals surface area contributed by atoms with Gasteiger partial charge in [0.25, 0.3) is 0 Å². The Hall–Kier alpha value is -1.09. The highest BCUT2D eigenvalue weighted by atomic mass is 16.5. The maximum absolute atomic E-state index is 5.60. The molecule has 1 aromatic rings. The zero-order valence-corrected chi connectivity index (χ0v) is 9.95. The van der Waals surface area contributed by atoms with Crippen LogP contribution in [0, 0.1) is 0 Å². The predicted molar refractivity (Wildman–Crippen MR) is 62.1 cm³/mol. The number of hydrogen-bond donors (Lipinski definition) is 1. The molecule has 2 atom stereocenters. The molecule has 0 saturated heterocycles. The number of rotatable bonds is 5. The summed E-state index contributed by atoms with van der Waals surface area (Å²) < 4.78 is 5.60. The molecule has 0 fully saturated rings. The lowest BCUT2D eigenvalue weighted by Gasteiger charge is -2.13. The molecule has 1 N–H and O–H groups in total. The molecule has 0 spiro atoms. The van der Waals surface area contributed by atoms with Gasteiger partial charge in [-0.25, -0.2) is 4.98 Å². The molecule has 0 saturated carbocycles. The van der Waals surface area contributed by atoms with Crippen molar-refractivity contribution in [2.75, 3.05) is 7.05 Å². The summed E-state index contributed by atoms with van der Waals surface area (Å²) in [6.45, 7) is 6.25. The van der Waals surface area contributed by atoms with Gasteiger partial charge in [0, 0.05) is 18.3 Å². The van der Waals surface area contributed by atoms with Gasteiger partial charge in [0.1, 0.15) is 0 Å². The molecular weight excluding hydrogens is 188 g/mol. The number of pyridine rings is 1. The van der Waals surface area contributed by atoms with Crippen LogP contribution in [-0.2, 0) is 0 Å². The second-order valence-corrected chi connectivity index (χ2v) is 3.78. The van der Waals surface area contributed by atoms with Crippen molar-refractivity contribution >= 4 is 0 Å². The van der Waals surface area contributed by atoms with E-state index in [4.69, 9.17) is 4.74 Å². The number of ether oxygens (including phenoxy) is 1. The standard InChI is InChI=1S/C12H20N2O/c1-5-9(2)15-12-7-6-11(8-14-12)10(3)13-4/h6-10,13H,5H2,1-4H3. The van der Waals surface area contributed by atoms with E-state index in [0.29, 0.717) is 11.9 Å². The van der Waals surface area contributed by atoms with Crippen molar-refractivity contribution < 1.29 is 4.74 Å². The summed E-state index contributed by atoms with van der Waals surface area (Å²) in [5, 5.41) is 3.17. The van der Waals surface area contributed by atoms with Crippen LogP contribution in [0.1, 0.15) is 38.8 Å². The zero-order chi connectivity index (χ0) is 11.3. The fraction of sp³-hybridized carbons (Fsp3) is 0.583. The number of hydrogen-bond acceptors (Lipinski definition) is 3. The number of nitrogens with zero attached hydrogens (tertiary/aromatic N) is 1. The Bertz CT molecular complexity index is 284. The van der Waals surface area contributed by atoms with Crippen LogP contribution in [-0.4, -0.2) is 18.1 Å². The van der Waals surface area contributed by atoms with Crippen molar-refractivity contribution in [3.63, 3.8) is 0 Å². The van der Waals surface area contributed by atoms with Gasteiger partial charge in [0.2, 0.25) is 5.88 Å². The maximum atomic E-state index is 5.60. The van der Waals surface area contributed by atoms with Crippen LogP contribution in [0.15, 0.2) is 18.3 Å². The van der Waals surface area contributed by atoms with E-state index in [-0.39, 0.29) is 6.10 Å². The summed E-state index contributed by atoms with van der Waals surface area (Å²) in [7, 11) is 1.94. The highest BCUT2D eigenvalue weighted by Crippen LogP contribution is 2.15. The van der Waals surface area contributed by atoms with E-state index < -0.39 is 0 Å². The minimum Gasteiger partial charge on any atom is -0.475 e. The van der Waals surface area contributed by atoms with Crippen molar-refractivity contribution in [1.82, 2.24) is 10.3 Å². The summed E-state index contributed by atoms with van der Waals surface area (Å²) in [4.78, 5) is 4.27. The summed E-state index contributed by atoms with van der Waals surface area (Å²) in [6, 6.07) is 4.30. The van der Waals surface area contributed by atoms with Crippen molar-refractivity contribution in [2.45, 2.75) is 39.3 Å². The van der Waals surface area contributed by atoms with Crippen LogP contribution in [0.25, 0.3) is 0 Å². The quantitative estimate of drug-likeness (QED) is 0.807. The first-order chi connectivity index (χ1) is 7.17. The molecule has 3 heteroatoms. The minimum atomic E-state index is 0.227. The minimum absolute atomic E-state index is 0.227. The summed E-state index contributed by atoms with van der Waals surface area (Å²) >= 11 is 0. The van der Waals surface area contributed by atoms with Crippen LogP contribution in [0.2, 0.25) is 0 Å². The molecule has 84 valence electrons. The fourth-order valence-corrected chi connectivity index (χ4v) is 1.17. The molecule has 1 rings (SSSR count). The molecular formula is C12H20N2O. The van der Waals surface area contributed by atoms with Crippen molar-refractivity contribution in [3.8, 4) is 5.88 Å². The fourth-order valence-electron chi connectivity index (χ4n) is 1.17. The Morgan fingerprint density at radius 2 is 2.13 bits per heavy atom. The SMILES string of the molecule is CCC(C)Oc1ccc(C(C)NC)cn1. The molecule has 15 heavy (non-hydrogen) atoms. The van der Waals surface area contributed by atoms with E-state index in [0.717, 1.165) is 6.42 Å². The van der Waals surface area contributed by atoms with Crippen LogP contribution >= 0.6 is 0 Å². The molecule has 1 heterocycles. The molecule has 0 aliphatic rings. The van der Waals surface area contributed by atoms with Gasteiger partial charge in [0.15, 0.2) is 0 Å². The molecule has 3 nitrogen and oxygen atoms in total. The average molecular weight is 208 g/mol. The molecule has 0 radical (unpaired) electrons. The Kier molecular flexibility index (Phi) is 4.56. The van der Waals surface area contributed by atoms with Crippen LogP contribution < -0.4 is 10.1 Å². The molecule has 0 aliphatic heterocycles. The van der Waals surface area contributed by atoms with Crippen molar-refractivity contribution in [2.24, 2.45) is 0 Å². The molecule has 2 unspecified atom stereocenters. The first-order valence-electron chi connectivity index (χ1n) is 5.47. The van der Waals surface area contributed by atoms with Crippen molar-refractivity contribution in [1.29, 1.82) is 0 Å². The summed E-state index contributed by atoms with van der Waals surface area (Å²) in [5.74, 6) is 0.705. The van der Waals surface area contributed by atoms with E-state index in [9.17, 15) is 0 Å². The van der Waals surface area contributed by atoms with E-state index >= 15 is 0 Å². The summed E-state index contributed by atoms with van der Waals surface area (Å²) in [5.41, 5.74) is 1.18. The average Bonchev–Trinajstić information content (AvgIpc) is 2.29. The third kappa shape index (κ3) is 3.51.